The van der Waals surface area contributed by atoms with E-state index in [1.807, 2.05) is 38.1 Å². The Morgan fingerprint density at radius 1 is 1.48 bits per heavy atom. The van der Waals surface area contributed by atoms with Gasteiger partial charge in [0.15, 0.2) is 5.84 Å². The van der Waals surface area contributed by atoms with Gasteiger partial charge >= 0.3 is 0 Å². The molecule has 1 aromatic carbocycles. The summed E-state index contributed by atoms with van der Waals surface area (Å²) in [7, 11) is 0. The highest BCUT2D eigenvalue weighted by molar-refractivity contribution is 5.86. The first-order valence-electron chi connectivity index (χ1n) is 7.00. The smallest absolute Gasteiger partial charge is 0.226 e. The lowest BCUT2D eigenvalue weighted by Gasteiger charge is -2.21. The molecule has 0 radical (unpaired) electrons. The molecular formula is C15H23N3O3. The van der Waals surface area contributed by atoms with Gasteiger partial charge in [0.05, 0.1) is 19.6 Å². The predicted octanol–water partition coefficient (Wildman–Crippen LogP) is 1.75. The number of benzene rings is 1. The molecule has 0 saturated heterocycles. The Morgan fingerprint density at radius 3 is 2.86 bits per heavy atom. The lowest BCUT2D eigenvalue weighted by atomic mass is 10.2. The van der Waals surface area contributed by atoms with Gasteiger partial charge in [-0.05, 0) is 31.0 Å². The van der Waals surface area contributed by atoms with Crippen molar-refractivity contribution in [3.63, 3.8) is 0 Å². The maximum Gasteiger partial charge on any atom is 0.226 e. The molecule has 0 spiro atoms. The fourth-order valence-electron chi connectivity index (χ4n) is 1.91. The number of ether oxygens (including phenoxy) is 1. The van der Waals surface area contributed by atoms with Crippen LogP contribution in [0.25, 0.3) is 0 Å². The van der Waals surface area contributed by atoms with Crippen LogP contribution in [0.1, 0.15) is 25.3 Å². The molecule has 116 valence electrons. The quantitative estimate of drug-likeness (QED) is 0.331. The molecule has 1 amide bonds. The van der Waals surface area contributed by atoms with Gasteiger partial charge in [-0.15, -0.1) is 0 Å². The maximum atomic E-state index is 12.1. The Labute approximate surface area is 125 Å². The highest BCUT2D eigenvalue weighted by Gasteiger charge is 2.14. The number of oxime groups is 1. The van der Waals surface area contributed by atoms with Crippen molar-refractivity contribution in [1.82, 2.24) is 4.90 Å². The summed E-state index contributed by atoms with van der Waals surface area (Å²) in [6.45, 7) is 4.96. The van der Waals surface area contributed by atoms with Crippen LogP contribution in [0.15, 0.2) is 29.4 Å². The zero-order chi connectivity index (χ0) is 15.7. The second kappa shape index (κ2) is 8.84. The molecule has 0 atom stereocenters. The highest BCUT2D eigenvalue weighted by Crippen LogP contribution is 2.12. The number of carbonyl (C=O) groups is 1. The van der Waals surface area contributed by atoms with Gasteiger partial charge in [0.1, 0.15) is 5.75 Å². The first-order chi connectivity index (χ1) is 10.1. The molecule has 0 aliphatic heterocycles. The van der Waals surface area contributed by atoms with Crippen LogP contribution in [-0.2, 0) is 4.79 Å². The molecule has 6 nitrogen and oxygen atoms in total. The molecule has 6 heteroatoms. The minimum absolute atomic E-state index is 0.0244. The summed E-state index contributed by atoms with van der Waals surface area (Å²) in [5, 5.41) is 11.5. The van der Waals surface area contributed by atoms with E-state index in [4.69, 9.17) is 15.7 Å². The monoisotopic (exact) mass is 293 g/mol. The number of amidine groups is 1. The molecule has 0 bridgehead atoms. The number of carbonyl (C=O) groups excluding carboxylic acids is 1. The van der Waals surface area contributed by atoms with Crippen LogP contribution in [0.2, 0.25) is 0 Å². The van der Waals surface area contributed by atoms with Gasteiger partial charge in [0.2, 0.25) is 5.91 Å². The van der Waals surface area contributed by atoms with Gasteiger partial charge in [0.25, 0.3) is 0 Å². The van der Waals surface area contributed by atoms with Crippen molar-refractivity contribution in [2.24, 2.45) is 10.9 Å². The van der Waals surface area contributed by atoms with Crippen molar-refractivity contribution in [1.29, 1.82) is 0 Å². The minimum atomic E-state index is -0.0731. The Morgan fingerprint density at radius 2 is 2.24 bits per heavy atom. The van der Waals surface area contributed by atoms with Gasteiger partial charge in [-0.1, -0.05) is 24.2 Å². The van der Waals surface area contributed by atoms with Crippen LogP contribution >= 0.6 is 0 Å². The third-order valence-corrected chi connectivity index (χ3v) is 2.90. The molecule has 1 aromatic rings. The van der Waals surface area contributed by atoms with E-state index in [1.54, 1.807) is 4.90 Å². The third-order valence-electron chi connectivity index (χ3n) is 2.90. The Hall–Kier alpha value is -2.24. The molecule has 0 saturated carbocycles. The average Bonchev–Trinajstić information content (AvgIpc) is 2.46. The van der Waals surface area contributed by atoms with Crippen LogP contribution in [-0.4, -0.2) is 41.5 Å². The summed E-state index contributed by atoms with van der Waals surface area (Å²) < 4.78 is 5.56. The number of amides is 1. The molecule has 0 aliphatic rings. The molecule has 1 rings (SSSR count). The summed E-state index contributed by atoms with van der Waals surface area (Å²) in [5.74, 6) is 0.703. The van der Waals surface area contributed by atoms with Crippen LogP contribution in [0, 0.1) is 6.92 Å². The fraction of sp³-hybridized carbons (Fsp3) is 0.467. The van der Waals surface area contributed by atoms with Crippen molar-refractivity contribution in [3.05, 3.63) is 29.8 Å². The first-order valence-corrected chi connectivity index (χ1v) is 7.00. The standard InChI is InChI=1S/C15H23N3O3/c1-3-8-18(11-14(16)17-20)15(19)7-9-21-13-6-4-5-12(2)10-13/h4-6,10,20H,3,7-9,11H2,1-2H3,(H2,16,17). The van der Waals surface area contributed by atoms with E-state index >= 15 is 0 Å². The third kappa shape index (κ3) is 6.16. The van der Waals surface area contributed by atoms with Crippen LogP contribution < -0.4 is 10.5 Å². The Bertz CT molecular complexity index is 489. The largest absolute Gasteiger partial charge is 0.493 e. The van der Waals surface area contributed by atoms with E-state index in [9.17, 15) is 4.79 Å². The molecular weight excluding hydrogens is 270 g/mol. The molecule has 0 aromatic heterocycles. The summed E-state index contributed by atoms with van der Waals surface area (Å²) in [6, 6.07) is 7.68. The predicted molar refractivity (Wildman–Crippen MR) is 81.6 cm³/mol. The van der Waals surface area contributed by atoms with E-state index in [-0.39, 0.29) is 24.7 Å². The van der Waals surface area contributed by atoms with Gasteiger partial charge in [-0.25, -0.2) is 0 Å². The number of nitrogens with zero attached hydrogens (tertiary/aromatic N) is 2. The lowest BCUT2D eigenvalue weighted by Crippen LogP contribution is -2.39. The average molecular weight is 293 g/mol. The minimum Gasteiger partial charge on any atom is -0.493 e. The fourth-order valence-corrected chi connectivity index (χ4v) is 1.91. The number of aryl methyl sites for hydroxylation is 1. The van der Waals surface area contributed by atoms with Crippen LogP contribution in [0.3, 0.4) is 0 Å². The SMILES string of the molecule is CCCN(CC(N)=NO)C(=O)CCOc1cccc(C)c1. The van der Waals surface area contributed by atoms with Crippen molar-refractivity contribution in [3.8, 4) is 5.75 Å². The summed E-state index contributed by atoms with van der Waals surface area (Å²) >= 11 is 0. The normalized spacial score (nSPS) is 11.2. The summed E-state index contributed by atoms with van der Waals surface area (Å²) in [6.07, 6.45) is 1.07. The molecule has 3 N–H and O–H groups in total. The first kappa shape index (κ1) is 16.8. The second-order valence-corrected chi connectivity index (χ2v) is 4.82. The second-order valence-electron chi connectivity index (χ2n) is 4.82. The topological polar surface area (TPSA) is 88.1 Å². The van der Waals surface area contributed by atoms with Crippen molar-refractivity contribution >= 4 is 11.7 Å². The van der Waals surface area contributed by atoms with E-state index < -0.39 is 0 Å². The highest BCUT2D eigenvalue weighted by atomic mass is 16.5. The molecule has 0 aliphatic carbocycles. The van der Waals surface area contributed by atoms with E-state index in [0.29, 0.717) is 13.2 Å². The number of rotatable bonds is 8. The molecule has 0 unspecified atom stereocenters. The van der Waals surface area contributed by atoms with Crippen molar-refractivity contribution < 1.29 is 14.7 Å². The Kier molecular flexibility index (Phi) is 7.08. The molecule has 21 heavy (non-hydrogen) atoms. The van der Waals surface area contributed by atoms with E-state index in [1.165, 1.54) is 0 Å². The summed E-state index contributed by atoms with van der Waals surface area (Å²) in [5.41, 5.74) is 6.56. The maximum absolute atomic E-state index is 12.1. The van der Waals surface area contributed by atoms with Crippen LogP contribution in [0.4, 0.5) is 0 Å². The number of hydrogen-bond acceptors (Lipinski definition) is 4. The lowest BCUT2D eigenvalue weighted by molar-refractivity contribution is -0.131. The number of hydrogen-bond donors (Lipinski definition) is 2. The van der Waals surface area contributed by atoms with Gasteiger partial charge in [0, 0.05) is 6.54 Å². The zero-order valence-electron chi connectivity index (χ0n) is 12.6. The number of nitrogens with two attached hydrogens (primary N) is 1. The summed E-state index contributed by atoms with van der Waals surface area (Å²) in [4.78, 5) is 13.7. The van der Waals surface area contributed by atoms with E-state index in [0.717, 1.165) is 17.7 Å². The van der Waals surface area contributed by atoms with E-state index in [2.05, 4.69) is 5.16 Å². The van der Waals surface area contributed by atoms with Crippen molar-refractivity contribution in [2.75, 3.05) is 19.7 Å². The zero-order valence-corrected chi connectivity index (χ0v) is 12.6. The van der Waals surface area contributed by atoms with Gasteiger partial charge in [-0.3, -0.25) is 4.79 Å². The van der Waals surface area contributed by atoms with Crippen molar-refractivity contribution in [2.45, 2.75) is 26.7 Å². The molecule has 0 fully saturated rings. The Balaban J connectivity index is 2.46. The van der Waals surface area contributed by atoms with Gasteiger partial charge < -0.3 is 20.6 Å². The van der Waals surface area contributed by atoms with Crippen LogP contribution in [0.5, 0.6) is 5.75 Å². The van der Waals surface area contributed by atoms with Gasteiger partial charge in [-0.2, -0.15) is 0 Å². The molecule has 0 heterocycles.